The average Bonchev–Trinajstić information content (AvgIpc) is 3.16. The van der Waals surface area contributed by atoms with Gasteiger partial charge in [-0.15, -0.1) is 0 Å². The predicted octanol–water partition coefficient (Wildman–Crippen LogP) is 6.33. The van der Waals surface area contributed by atoms with Gasteiger partial charge in [0, 0.05) is 29.1 Å². The normalized spacial score (nSPS) is 11.1. The highest BCUT2D eigenvalue weighted by Crippen LogP contribution is 2.24. The Hall–Kier alpha value is -3.18. The van der Waals surface area contributed by atoms with Crippen molar-refractivity contribution in [2.45, 2.75) is 39.2 Å². The molecule has 1 amide bonds. The first kappa shape index (κ1) is 23.0. The minimum Gasteiger partial charge on any atom is -0.352 e. The van der Waals surface area contributed by atoms with Crippen LogP contribution < -0.4 is 5.32 Å². The number of aryl methyl sites for hydroxylation is 2. The summed E-state index contributed by atoms with van der Waals surface area (Å²) in [6, 6.07) is 20.2. The highest BCUT2D eigenvalue weighted by molar-refractivity contribution is 6.31. The summed E-state index contributed by atoms with van der Waals surface area (Å²) >= 11 is 6.28. The van der Waals surface area contributed by atoms with Crippen LogP contribution in [0, 0.1) is 12.7 Å². The van der Waals surface area contributed by atoms with Gasteiger partial charge in [-0.1, -0.05) is 54.4 Å². The van der Waals surface area contributed by atoms with E-state index in [9.17, 15) is 9.18 Å². The SMILES string of the molecule is Cc1ccccc1C(=O)NCCCCCc1nc2ccccc2n1Cc1c(F)cccc1Cl. The standard InChI is InChI=1S/C27H27ClFN3O/c1-19-10-4-5-11-20(19)27(33)30-17-8-2-3-16-26-31-24-14-6-7-15-25(24)32(26)18-21-22(28)12-9-13-23(21)29/h4-7,9-15H,2-3,8,16-18H2,1H3,(H,30,33). The molecule has 0 saturated heterocycles. The number of hydrogen-bond donors (Lipinski definition) is 1. The Bertz CT molecular complexity index is 1250. The number of carbonyl (C=O) groups excluding carboxylic acids is 1. The van der Waals surface area contributed by atoms with Crippen molar-refractivity contribution in [2.24, 2.45) is 0 Å². The fourth-order valence-electron chi connectivity index (χ4n) is 4.04. The molecule has 0 aliphatic heterocycles. The largest absolute Gasteiger partial charge is 0.352 e. The number of benzene rings is 3. The number of carbonyl (C=O) groups is 1. The third kappa shape index (κ3) is 5.42. The third-order valence-electron chi connectivity index (χ3n) is 5.86. The quantitative estimate of drug-likeness (QED) is 0.295. The van der Waals surface area contributed by atoms with Crippen molar-refractivity contribution in [2.75, 3.05) is 6.54 Å². The van der Waals surface area contributed by atoms with Crippen molar-refractivity contribution >= 4 is 28.5 Å². The van der Waals surface area contributed by atoms with E-state index in [1.54, 1.807) is 12.1 Å². The summed E-state index contributed by atoms with van der Waals surface area (Å²) in [5.74, 6) is 0.576. The monoisotopic (exact) mass is 463 g/mol. The summed E-state index contributed by atoms with van der Waals surface area (Å²) in [6.45, 7) is 2.91. The van der Waals surface area contributed by atoms with Crippen LogP contribution in [-0.2, 0) is 13.0 Å². The van der Waals surface area contributed by atoms with Crippen molar-refractivity contribution < 1.29 is 9.18 Å². The van der Waals surface area contributed by atoms with Crippen molar-refractivity contribution in [1.82, 2.24) is 14.9 Å². The Morgan fingerprint density at radius 1 is 1.00 bits per heavy atom. The molecule has 0 radical (unpaired) electrons. The summed E-state index contributed by atoms with van der Waals surface area (Å²) in [6.07, 6.45) is 3.54. The Morgan fingerprint density at radius 3 is 2.61 bits per heavy atom. The Kier molecular flexibility index (Phi) is 7.40. The van der Waals surface area contributed by atoms with Crippen LogP contribution in [-0.4, -0.2) is 22.0 Å². The number of nitrogens with one attached hydrogen (secondary N) is 1. The molecule has 0 saturated carbocycles. The summed E-state index contributed by atoms with van der Waals surface area (Å²) in [5, 5.41) is 3.42. The lowest BCUT2D eigenvalue weighted by Gasteiger charge is -2.12. The second-order valence-electron chi connectivity index (χ2n) is 8.18. The fourth-order valence-corrected chi connectivity index (χ4v) is 4.27. The van der Waals surface area contributed by atoms with Crippen molar-refractivity contribution in [3.63, 3.8) is 0 Å². The van der Waals surface area contributed by atoms with E-state index in [1.807, 2.05) is 55.5 Å². The molecular formula is C27H27ClFN3O. The first-order valence-electron chi connectivity index (χ1n) is 11.3. The van der Waals surface area contributed by atoms with Crippen LogP contribution in [0.25, 0.3) is 11.0 Å². The minimum absolute atomic E-state index is 0.0309. The van der Waals surface area contributed by atoms with Crippen LogP contribution in [0.5, 0.6) is 0 Å². The van der Waals surface area contributed by atoms with E-state index in [0.717, 1.165) is 53.7 Å². The number of imidazole rings is 1. The summed E-state index contributed by atoms with van der Waals surface area (Å²) in [5.41, 5.74) is 4.03. The summed E-state index contributed by atoms with van der Waals surface area (Å²) < 4.78 is 16.5. The summed E-state index contributed by atoms with van der Waals surface area (Å²) in [7, 11) is 0. The van der Waals surface area contributed by atoms with Gasteiger partial charge in [0.25, 0.3) is 5.91 Å². The van der Waals surface area contributed by atoms with E-state index < -0.39 is 0 Å². The molecule has 33 heavy (non-hydrogen) atoms. The molecule has 0 spiro atoms. The molecule has 0 bridgehead atoms. The van der Waals surface area contributed by atoms with Crippen LogP contribution in [0.2, 0.25) is 5.02 Å². The van der Waals surface area contributed by atoms with Gasteiger partial charge in [0.15, 0.2) is 0 Å². The number of unbranched alkanes of at least 4 members (excludes halogenated alkanes) is 2. The Morgan fingerprint density at radius 2 is 1.79 bits per heavy atom. The lowest BCUT2D eigenvalue weighted by Crippen LogP contribution is -2.25. The van der Waals surface area contributed by atoms with Gasteiger partial charge in [-0.25, -0.2) is 9.37 Å². The number of amides is 1. The maximum Gasteiger partial charge on any atom is 0.251 e. The van der Waals surface area contributed by atoms with E-state index >= 15 is 0 Å². The zero-order valence-electron chi connectivity index (χ0n) is 18.7. The number of rotatable bonds is 9. The molecule has 4 aromatic rings. The number of aromatic nitrogens is 2. The molecule has 4 rings (SSSR count). The van der Waals surface area contributed by atoms with Gasteiger partial charge in [-0.2, -0.15) is 0 Å². The van der Waals surface area contributed by atoms with Crippen molar-refractivity contribution in [3.05, 3.63) is 100 Å². The van der Waals surface area contributed by atoms with Crippen LogP contribution in [0.3, 0.4) is 0 Å². The molecule has 3 aromatic carbocycles. The topological polar surface area (TPSA) is 46.9 Å². The molecule has 1 N–H and O–H groups in total. The van der Waals surface area contributed by atoms with E-state index in [2.05, 4.69) is 9.88 Å². The smallest absolute Gasteiger partial charge is 0.251 e. The molecule has 170 valence electrons. The number of nitrogens with zero attached hydrogens (tertiary/aromatic N) is 2. The highest BCUT2D eigenvalue weighted by atomic mass is 35.5. The van der Waals surface area contributed by atoms with Crippen molar-refractivity contribution in [1.29, 1.82) is 0 Å². The average molecular weight is 464 g/mol. The van der Waals surface area contributed by atoms with Gasteiger partial charge in [-0.05, 0) is 55.7 Å². The van der Waals surface area contributed by atoms with E-state index in [4.69, 9.17) is 16.6 Å². The second kappa shape index (κ2) is 10.6. The van der Waals surface area contributed by atoms with Gasteiger partial charge in [-0.3, -0.25) is 4.79 Å². The van der Waals surface area contributed by atoms with E-state index in [1.165, 1.54) is 6.07 Å². The molecular weight excluding hydrogens is 437 g/mol. The zero-order valence-corrected chi connectivity index (χ0v) is 19.4. The van der Waals surface area contributed by atoms with Crippen LogP contribution in [0.1, 0.15) is 46.6 Å². The van der Waals surface area contributed by atoms with E-state index in [0.29, 0.717) is 23.7 Å². The lowest BCUT2D eigenvalue weighted by molar-refractivity contribution is 0.0952. The van der Waals surface area contributed by atoms with Gasteiger partial charge in [0.05, 0.1) is 17.6 Å². The van der Waals surface area contributed by atoms with Crippen molar-refractivity contribution in [3.8, 4) is 0 Å². The summed E-state index contributed by atoms with van der Waals surface area (Å²) in [4.78, 5) is 17.1. The van der Waals surface area contributed by atoms with Gasteiger partial charge >= 0.3 is 0 Å². The fraction of sp³-hybridized carbons (Fsp3) is 0.259. The second-order valence-corrected chi connectivity index (χ2v) is 8.59. The zero-order chi connectivity index (χ0) is 23.2. The molecule has 0 fully saturated rings. The maximum absolute atomic E-state index is 14.4. The minimum atomic E-state index is -0.310. The number of hydrogen-bond acceptors (Lipinski definition) is 2. The van der Waals surface area contributed by atoms with E-state index in [-0.39, 0.29) is 11.7 Å². The lowest BCUT2D eigenvalue weighted by atomic mass is 10.1. The molecule has 0 unspecified atom stereocenters. The van der Waals surface area contributed by atoms with Crippen LogP contribution in [0.15, 0.2) is 66.7 Å². The third-order valence-corrected chi connectivity index (χ3v) is 6.22. The number of fused-ring (bicyclic) bond motifs is 1. The Balaban J connectivity index is 1.36. The molecule has 4 nitrogen and oxygen atoms in total. The molecule has 1 heterocycles. The first-order chi connectivity index (χ1) is 16.0. The Labute approximate surface area is 198 Å². The van der Waals surface area contributed by atoms with Crippen LogP contribution >= 0.6 is 11.6 Å². The molecule has 0 atom stereocenters. The van der Waals surface area contributed by atoms with Gasteiger partial charge in [0.2, 0.25) is 0 Å². The van der Waals surface area contributed by atoms with Gasteiger partial charge < -0.3 is 9.88 Å². The number of halogens is 2. The predicted molar refractivity (Wildman–Crippen MR) is 131 cm³/mol. The van der Waals surface area contributed by atoms with Gasteiger partial charge in [0.1, 0.15) is 11.6 Å². The molecule has 6 heteroatoms. The molecule has 0 aliphatic rings. The first-order valence-corrected chi connectivity index (χ1v) is 11.6. The molecule has 1 aromatic heterocycles. The number of para-hydroxylation sites is 2. The molecule has 0 aliphatic carbocycles. The van der Waals surface area contributed by atoms with Crippen LogP contribution in [0.4, 0.5) is 4.39 Å². The highest BCUT2D eigenvalue weighted by Gasteiger charge is 2.15. The maximum atomic E-state index is 14.4.